The number of imide groups is 1. The summed E-state index contributed by atoms with van der Waals surface area (Å²) in [6.45, 7) is 2.10. The van der Waals surface area contributed by atoms with Gasteiger partial charge in [0.2, 0.25) is 0 Å². The first-order valence-corrected chi connectivity index (χ1v) is 11.7. The summed E-state index contributed by atoms with van der Waals surface area (Å²) in [5.74, 6) is 0.427. The molecule has 168 valence electrons. The zero-order chi connectivity index (χ0) is 22.7. The predicted octanol–water partition coefficient (Wildman–Crippen LogP) is 4.39. The van der Waals surface area contributed by atoms with Crippen LogP contribution in [0, 0.1) is 5.92 Å². The third-order valence-corrected chi connectivity index (χ3v) is 6.93. The number of likely N-dealkylation sites (tertiary alicyclic amines) is 1. The molecule has 5 heteroatoms. The number of hydrogen-bond acceptors (Lipinski definition) is 3. The van der Waals surface area contributed by atoms with Crippen LogP contribution in [0.5, 0.6) is 0 Å². The molecule has 0 aromatic heterocycles. The Kier molecular flexibility index (Phi) is 5.97. The number of hydrogen-bond donors (Lipinski definition) is 1. The monoisotopic (exact) mass is 439 g/mol. The van der Waals surface area contributed by atoms with Crippen molar-refractivity contribution in [1.29, 1.82) is 0 Å². The molecule has 0 aliphatic carbocycles. The van der Waals surface area contributed by atoms with E-state index in [1.807, 2.05) is 60.7 Å². The van der Waals surface area contributed by atoms with Crippen molar-refractivity contribution in [2.45, 2.75) is 24.8 Å². The van der Waals surface area contributed by atoms with Crippen LogP contribution < -0.4 is 5.32 Å². The van der Waals surface area contributed by atoms with Gasteiger partial charge >= 0.3 is 6.03 Å². The Morgan fingerprint density at radius 2 is 1.27 bits per heavy atom. The van der Waals surface area contributed by atoms with Crippen molar-refractivity contribution in [3.63, 3.8) is 0 Å². The van der Waals surface area contributed by atoms with Gasteiger partial charge in [0.15, 0.2) is 5.54 Å². The van der Waals surface area contributed by atoms with Crippen molar-refractivity contribution in [1.82, 2.24) is 15.1 Å². The third kappa shape index (κ3) is 4.16. The highest BCUT2D eigenvalue weighted by Crippen LogP contribution is 2.36. The molecule has 2 aliphatic heterocycles. The van der Waals surface area contributed by atoms with Crippen molar-refractivity contribution in [2.24, 2.45) is 5.92 Å². The van der Waals surface area contributed by atoms with Gasteiger partial charge in [0.05, 0.1) is 6.67 Å². The molecule has 2 fully saturated rings. The number of rotatable bonds is 6. The maximum atomic E-state index is 13.8. The average molecular weight is 440 g/mol. The van der Waals surface area contributed by atoms with Crippen LogP contribution >= 0.6 is 0 Å². The van der Waals surface area contributed by atoms with E-state index in [0.717, 1.165) is 43.5 Å². The minimum absolute atomic E-state index is 0.212. The van der Waals surface area contributed by atoms with Crippen molar-refractivity contribution in [3.8, 4) is 0 Å². The topological polar surface area (TPSA) is 52.7 Å². The Morgan fingerprint density at radius 1 is 0.758 bits per heavy atom. The summed E-state index contributed by atoms with van der Waals surface area (Å²) in [6.07, 6.45) is 3.23. The van der Waals surface area contributed by atoms with Crippen LogP contribution in [0.3, 0.4) is 0 Å². The highest BCUT2D eigenvalue weighted by Gasteiger charge is 2.53. The molecule has 0 atom stereocenters. The molecular formula is C28H29N3O2. The number of carbonyl (C=O) groups is 2. The van der Waals surface area contributed by atoms with E-state index in [0.29, 0.717) is 12.6 Å². The normalized spacial score (nSPS) is 19.0. The molecule has 0 saturated carbocycles. The lowest BCUT2D eigenvalue weighted by Gasteiger charge is -2.34. The van der Waals surface area contributed by atoms with Gasteiger partial charge in [-0.05, 0) is 41.9 Å². The summed E-state index contributed by atoms with van der Waals surface area (Å²) < 4.78 is 0. The van der Waals surface area contributed by atoms with Crippen LogP contribution in [0.25, 0.3) is 0 Å². The van der Waals surface area contributed by atoms with Crippen LogP contribution in [-0.4, -0.2) is 41.5 Å². The number of benzene rings is 3. The van der Waals surface area contributed by atoms with E-state index in [1.165, 1.54) is 10.5 Å². The lowest BCUT2D eigenvalue weighted by atomic mass is 9.83. The van der Waals surface area contributed by atoms with Crippen molar-refractivity contribution >= 4 is 11.9 Å². The molecule has 5 rings (SSSR count). The Hall–Kier alpha value is -3.44. The van der Waals surface area contributed by atoms with Gasteiger partial charge in [-0.3, -0.25) is 9.69 Å². The predicted molar refractivity (Wildman–Crippen MR) is 128 cm³/mol. The first-order valence-electron chi connectivity index (χ1n) is 11.7. The van der Waals surface area contributed by atoms with Crippen LogP contribution in [0.4, 0.5) is 4.79 Å². The molecule has 1 N–H and O–H groups in total. The second kappa shape index (κ2) is 9.20. The zero-order valence-electron chi connectivity index (χ0n) is 18.7. The second-order valence-corrected chi connectivity index (χ2v) is 9.04. The maximum Gasteiger partial charge on any atom is 0.326 e. The van der Waals surface area contributed by atoms with Gasteiger partial charge in [-0.25, -0.2) is 9.69 Å². The number of carbonyl (C=O) groups excluding carboxylic acids is 2. The van der Waals surface area contributed by atoms with Gasteiger partial charge < -0.3 is 5.32 Å². The van der Waals surface area contributed by atoms with Crippen LogP contribution in [-0.2, 0) is 16.8 Å². The molecule has 3 aromatic carbocycles. The summed E-state index contributed by atoms with van der Waals surface area (Å²) in [5, 5.41) is 3.04. The van der Waals surface area contributed by atoms with Crippen LogP contribution in [0.15, 0.2) is 91.0 Å². The quantitative estimate of drug-likeness (QED) is 0.580. The Balaban J connectivity index is 1.31. The number of nitrogens with one attached hydrogen (secondary N) is 1. The lowest BCUT2D eigenvalue weighted by Crippen LogP contribution is -2.47. The van der Waals surface area contributed by atoms with E-state index in [-0.39, 0.29) is 11.9 Å². The first kappa shape index (κ1) is 21.4. The number of amides is 3. The van der Waals surface area contributed by atoms with Crippen molar-refractivity contribution < 1.29 is 9.59 Å². The number of nitrogens with zero attached hydrogens (tertiary/aromatic N) is 2. The molecule has 2 heterocycles. The van der Waals surface area contributed by atoms with E-state index in [4.69, 9.17) is 0 Å². The molecule has 3 aromatic rings. The molecule has 2 aliphatic rings. The fourth-order valence-electron chi connectivity index (χ4n) is 5.12. The van der Waals surface area contributed by atoms with Gasteiger partial charge in [-0.2, -0.15) is 0 Å². The molecule has 33 heavy (non-hydrogen) atoms. The molecular weight excluding hydrogens is 410 g/mol. The molecule has 0 radical (unpaired) electrons. The number of piperidine rings is 1. The van der Waals surface area contributed by atoms with E-state index < -0.39 is 5.54 Å². The maximum absolute atomic E-state index is 13.8. The highest BCUT2D eigenvalue weighted by molar-refractivity contribution is 6.09. The fourth-order valence-corrected chi connectivity index (χ4v) is 5.12. The van der Waals surface area contributed by atoms with Gasteiger partial charge in [-0.15, -0.1) is 0 Å². The minimum atomic E-state index is -1.19. The van der Waals surface area contributed by atoms with Crippen LogP contribution in [0.1, 0.15) is 29.5 Å². The smallest absolute Gasteiger partial charge is 0.315 e. The Morgan fingerprint density at radius 3 is 1.82 bits per heavy atom. The third-order valence-electron chi connectivity index (χ3n) is 6.93. The molecule has 5 nitrogen and oxygen atoms in total. The second-order valence-electron chi connectivity index (χ2n) is 9.04. The fraction of sp³-hybridized carbons (Fsp3) is 0.286. The number of urea groups is 1. The molecule has 3 amide bonds. The van der Waals surface area contributed by atoms with Crippen LogP contribution in [0.2, 0.25) is 0 Å². The molecule has 0 bridgehead atoms. The Labute approximate surface area is 195 Å². The SMILES string of the molecule is O=C1NC(c2ccccc2)(c2ccccc2)C(=O)N1CN1CCC(Cc2ccccc2)CC1. The van der Waals surface area contributed by atoms with Gasteiger partial charge in [0.25, 0.3) is 5.91 Å². The Bertz CT molecular complexity index is 1050. The minimum Gasteiger partial charge on any atom is -0.315 e. The van der Waals surface area contributed by atoms with E-state index in [2.05, 4.69) is 40.5 Å². The summed E-state index contributed by atoms with van der Waals surface area (Å²) in [6, 6.07) is 29.3. The van der Waals surface area contributed by atoms with E-state index in [1.54, 1.807) is 0 Å². The largest absolute Gasteiger partial charge is 0.326 e. The standard InChI is InChI=1S/C28H29N3O2/c32-26-28(24-12-6-2-7-13-24,25-14-8-3-9-15-25)29-27(33)31(26)21-30-18-16-23(17-19-30)20-22-10-4-1-5-11-22/h1-15,23H,16-21H2,(H,29,33). The summed E-state index contributed by atoms with van der Waals surface area (Å²) in [4.78, 5) is 30.5. The highest BCUT2D eigenvalue weighted by atomic mass is 16.2. The van der Waals surface area contributed by atoms with Crippen molar-refractivity contribution in [2.75, 3.05) is 19.8 Å². The molecule has 2 saturated heterocycles. The van der Waals surface area contributed by atoms with Gasteiger partial charge in [-0.1, -0.05) is 91.0 Å². The molecule has 0 unspecified atom stereocenters. The summed E-state index contributed by atoms with van der Waals surface area (Å²) >= 11 is 0. The average Bonchev–Trinajstić information content (AvgIpc) is 3.12. The summed E-state index contributed by atoms with van der Waals surface area (Å²) in [5.41, 5.74) is 1.74. The lowest BCUT2D eigenvalue weighted by molar-refractivity contribution is -0.132. The first-order chi connectivity index (χ1) is 16.2. The molecule has 0 spiro atoms. The zero-order valence-corrected chi connectivity index (χ0v) is 18.7. The van der Waals surface area contributed by atoms with E-state index >= 15 is 0 Å². The van der Waals surface area contributed by atoms with Gasteiger partial charge in [0.1, 0.15) is 0 Å². The van der Waals surface area contributed by atoms with E-state index in [9.17, 15) is 9.59 Å². The summed E-state index contributed by atoms with van der Waals surface area (Å²) in [7, 11) is 0. The van der Waals surface area contributed by atoms with Crippen molar-refractivity contribution in [3.05, 3.63) is 108 Å². The van der Waals surface area contributed by atoms with Gasteiger partial charge in [0, 0.05) is 13.1 Å².